The predicted molar refractivity (Wildman–Crippen MR) is 79.3 cm³/mol. The lowest BCUT2D eigenvalue weighted by Gasteiger charge is -1.97. The third-order valence-electron chi connectivity index (χ3n) is 3.05. The van der Waals surface area contributed by atoms with Gasteiger partial charge in [0.15, 0.2) is 5.65 Å². The molecule has 0 aliphatic carbocycles. The van der Waals surface area contributed by atoms with Gasteiger partial charge in [0.05, 0.1) is 0 Å². The summed E-state index contributed by atoms with van der Waals surface area (Å²) in [4.78, 5) is 9.14. The second-order valence-corrected chi connectivity index (χ2v) is 4.06. The van der Waals surface area contributed by atoms with Gasteiger partial charge in [-0.2, -0.15) is 0 Å². The summed E-state index contributed by atoms with van der Waals surface area (Å²) < 4.78 is 2.02. The summed E-state index contributed by atoms with van der Waals surface area (Å²) in [6.45, 7) is 4.00. The van der Waals surface area contributed by atoms with Crippen LogP contribution in [0.15, 0.2) is 54.9 Å². The van der Waals surface area contributed by atoms with Crippen LogP contribution in [-0.2, 0) is 0 Å². The van der Waals surface area contributed by atoms with E-state index in [0.29, 0.717) is 0 Å². The van der Waals surface area contributed by atoms with Crippen LogP contribution in [0, 0.1) is 0 Å². The molecule has 0 bridgehead atoms. The molecule has 0 radical (unpaired) electrons. The van der Waals surface area contributed by atoms with Gasteiger partial charge in [-0.3, -0.25) is 4.40 Å². The Hall–Kier alpha value is -2.42. The number of fused-ring (bicyclic) bond motifs is 5. The van der Waals surface area contributed by atoms with E-state index in [1.807, 2.05) is 61.0 Å². The number of hydrogen-bond donors (Lipinski definition) is 0. The molecule has 94 valence electrons. The van der Waals surface area contributed by atoms with E-state index in [1.165, 1.54) is 0 Å². The number of hydrogen-bond acceptors (Lipinski definition) is 2. The molecule has 3 heterocycles. The topological polar surface area (TPSA) is 30.2 Å². The summed E-state index contributed by atoms with van der Waals surface area (Å²) in [6.07, 6.45) is 3.89. The molecule has 0 spiro atoms. The minimum atomic E-state index is 0.916. The van der Waals surface area contributed by atoms with Crippen LogP contribution < -0.4 is 0 Å². The van der Waals surface area contributed by atoms with Crippen molar-refractivity contribution in [2.45, 2.75) is 13.8 Å². The first-order valence-corrected chi connectivity index (χ1v) is 6.54. The molecule has 0 N–H and O–H groups in total. The van der Waals surface area contributed by atoms with Crippen molar-refractivity contribution in [3.63, 3.8) is 0 Å². The summed E-state index contributed by atoms with van der Waals surface area (Å²) in [5.74, 6) is 0. The zero-order valence-electron chi connectivity index (χ0n) is 11.0. The van der Waals surface area contributed by atoms with E-state index in [0.717, 1.165) is 27.6 Å². The Kier molecular flexibility index (Phi) is 2.88. The van der Waals surface area contributed by atoms with E-state index in [2.05, 4.69) is 22.1 Å². The monoisotopic (exact) mass is 249 g/mol. The van der Waals surface area contributed by atoms with Gasteiger partial charge in [0.1, 0.15) is 11.2 Å². The first-order chi connectivity index (χ1) is 9.43. The molecule has 0 atom stereocenters. The largest absolute Gasteiger partial charge is 0.284 e. The number of nitrogens with zero attached hydrogens (tertiary/aromatic N) is 3. The molecule has 3 aromatic heterocycles. The lowest BCUT2D eigenvalue weighted by Crippen LogP contribution is -1.85. The molecule has 4 aromatic rings. The number of aromatic nitrogens is 3. The van der Waals surface area contributed by atoms with Gasteiger partial charge in [-0.05, 0) is 12.1 Å². The average molecular weight is 249 g/mol. The molecule has 0 aliphatic rings. The molecular weight excluding hydrogens is 234 g/mol. The molecule has 0 fully saturated rings. The van der Waals surface area contributed by atoms with Gasteiger partial charge in [-0.15, -0.1) is 0 Å². The maximum atomic E-state index is 4.64. The molecule has 0 amide bonds. The van der Waals surface area contributed by atoms with Gasteiger partial charge in [0.25, 0.3) is 0 Å². The Morgan fingerprint density at radius 2 is 1.74 bits per heavy atom. The van der Waals surface area contributed by atoms with Crippen molar-refractivity contribution in [1.29, 1.82) is 0 Å². The number of imidazole rings is 1. The summed E-state index contributed by atoms with van der Waals surface area (Å²) in [7, 11) is 0. The Morgan fingerprint density at radius 1 is 0.947 bits per heavy atom. The first kappa shape index (κ1) is 11.7. The van der Waals surface area contributed by atoms with Crippen molar-refractivity contribution in [3.05, 3.63) is 54.9 Å². The molecule has 1 aromatic carbocycles. The van der Waals surface area contributed by atoms with E-state index in [9.17, 15) is 0 Å². The summed E-state index contributed by atoms with van der Waals surface area (Å²) in [5.41, 5.74) is 2.82. The Morgan fingerprint density at radius 3 is 2.63 bits per heavy atom. The third-order valence-corrected chi connectivity index (χ3v) is 3.05. The minimum Gasteiger partial charge on any atom is -0.284 e. The highest BCUT2D eigenvalue weighted by atomic mass is 15.1. The minimum absolute atomic E-state index is 0.916. The molecule has 3 nitrogen and oxygen atoms in total. The van der Waals surface area contributed by atoms with Crippen LogP contribution in [0.2, 0.25) is 0 Å². The SMILES string of the molecule is CC.c1ccc2c(c1)cnc1c2nc2ccccn21. The number of rotatable bonds is 0. The number of pyridine rings is 2. The molecule has 3 heteroatoms. The van der Waals surface area contributed by atoms with Gasteiger partial charge < -0.3 is 0 Å². The molecule has 0 unspecified atom stereocenters. The average Bonchev–Trinajstić information content (AvgIpc) is 2.88. The summed E-state index contributed by atoms with van der Waals surface area (Å²) in [6, 6.07) is 14.2. The van der Waals surface area contributed by atoms with E-state index >= 15 is 0 Å². The molecular formula is C16H15N3. The van der Waals surface area contributed by atoms with Crippen molar-refractivity contribution < 1.29 is 0 Å². The second-order valence-electron chi connectivity index (χ2n) is 4.06. The Labute approximate surface area is 111 Å². The van der Waals surface area contributed by atoms with Gasteiger partial charge in [0.2, 0.25) is 0 Å². The molecule has 0 saturated heterocycles. The Balaban J connectivity index is 0.000000528. The lowest BCUT2D eigenvalue weighted by molar-refractivity contribution is 1.19. The van der Waals surface area contributed by atoms with Crippen LogP contribution in [0.4, 0.5) is 0 Å². The molecule has 0 saturated carbocycles. The zero-order chi connectivity index (χ0) is 13.2. The van der Waals surface area contributed by atoms with Crippen LogP contribution in [0.25, 0.3) is 27.6 Å². The quantitative estimate of drug-likeness (QED) is 0.470. The summed E-state index contributed by atoms with van der Waals surface area (Å²) >= 11 is 0. The van der Waals surface area contributed by atoms with Crippen LogP contribution in [0.3, 0.4) is 0 Å². The third kappa shape index (κ3) is 1.74. The van der Waals surface area contributed by atoms with E-state index in [4.69, 9.17) is 0 Å². The van der Waals surface area contributed by atoms with Gasteiger partial charge in [-0.25, -0.2) is 9.97 Å². The lowest BCUT2D eigenvalue weighted by atomic mass is 10.1. The van der Waals surface area contributed by atoms with Crippen LogP contribution >= 0.6 is 0 Å². The standard InChI is InChI=1S/C14H9N3.C2H6/c1-2-6-11-10(5-1)9-15-14-13(11)16-12-7-3-4-8-17(12)14;1-2/h1-9H;1-2H3. The number of benzene rings is 1. The van der Waals surface area contributed by atoms with E-state index < -0.39 is 0 Å². The predicted octanol–water partition coefficient (Wildman–Crippen LogP) is 4.06. The highest BCUT2D eigenvalue weighted by molar-refractivity contribution is 6.03. The van der Waals surface area contributed by atoms with E-state index in [-0.39, 0.29) is 0 Å². The van der Waals surface area contributed by atoms with Gasteiger partial charge in [0, 0.05) is 23.2 Å². The van der Waals surface area contributed by atoms with Crippen molar-refractivity contribution in [3.8, 4) is 0 Å². The van der Waals surface area contributed by atoms with Gasteiger partial charge >= 0.3 is 0 Å². The maximum absolute atomic E-state index is 4.64. The van der Waals surface area contributed by atoms with Crippen LogP contribution in [-0.4, -0.2) is 14.4 Å². The molecule has 19 heavy (non-hydrogen) atoms. The smallest absolute Gasteiger partial charge is 0.165 e. The van der Waals surface area contributed by atoms with Gasteiger partial charge in [-0.1, -0.05) is 44.2 Å². The van der Waals surface area contributed by atoms with Crippen molar-refractivity contribution in [2.24, 2.45) is 0 Å². The second kappa shape index (κ2) is 4.69. The van der Waals surface area contributed by atoms with Crippen molar-refractivity contribution in [2.75, 3.05) is 0 Å². The molecule has 4 rings (SSSR count). The van der Waals surface area contributed by atoms with Crippen LogP contribution in [0.1, 0.15) is 13.8 Å². The molecule has 0 aliphatic heterocycles. The highest BCUT2D eigenvalue weighted by Gasteiger charge is 2.07. The highest BCUT2D eigenvalue weighted by Crippen LogP contribution is 2.23. The van der Waals surface area contributed by atoms with Crippen molar-refractivity contribution in [1.82, 2.24) is 14.4 Å². The fourth-order valence-electron chi connectivity index (χ4n) is 2.24. The Bertz CT molecular complexity index is 846. The maximum Gasteiger partial charge on any atom is 0.165 e. The fraction of sp³-hybridized carbons (Fsp3) is 0.125. The fourth-order valence-corrected chi connectivity index (χ4v) is 2.24. The zero-order valence-corrected chi connectivity index (χ0v) is 11.0. The van der Waals surface area contributed by atoms with Crippen molar-refractivity contribution >= 4 is 27.6 Å². The van der Waals surface area contributed by atoms with Crippen LogP contribution in [0.5, 0.6) is 0 Å². The summed E-state index contributed by atoms with van der Waals surface area (Å²) in [5, 5.41) is 2.28. The first-order valence-electron chi connectivity index (χ1n) is 6.54. The normalized spacial score (nSPS) is 10.6. The van der Waals surface area contributed by atoms with E-state index in [1.54, 1.807) is 0 Å².